The Hall–Kier alpha value is -1.69. The van der Waals surface area contributed by atoms with Gasteiger partial charge in [0.2, 0.25) is 5.82 Å². The van der Waals surface area contributed by atoms with E-state index < -0.39 is 5.54 Å². The Morgan fingerprint density at radius 1 is 1.33 bits per heavy atom. The maximum atomic E-state index is 11.9. The lowest BCUT2D eigenvalue weighted by atomic mass is 9.94. The molecule has 0 aliphatic heterocycles. The number of rotatable bonds is 3. The van der Waals surface area contributed by atoms with Crippen molar-refractivity contribution < 1.29 is 4.79 Å². The van der Waals surface area contributed by atoms with E-state index in [0.717, 1.165) is 10.0 Å². The lowest BCUT2D eigenvalue weighted by molar-refractivity contribution is 0.0901. The molecule has 0 fully saturated rings. The Morgan fingerprint density at radius 2 is 2.00 bits per heavy atom. The summed E-state index contributed by atoms with van der Waals surface area (Å²) in [6.07, 6.45) is 1.31. The topological polar surface area (TPSA) is 70.7 Å². The summed E-state index contributed by atoms with van der Waals surface area (Å²) in [5.41, 5.74) is 0.531. The van der Waals surface area contributed by atoms with Crippen LogP contribution in [0, 0.1) is 0 Å². The molecule has 1 amide bonds. The number of benzene rings is 1. The van der Waals surface area contributed by atoms with Gasteiger partial charge in [0.1, 0.15) is 6.33 Å². The average Bonchev–Trinajstić information content (AvgIpc) is 2.82. The number of halogens is 1. The van der Waals surface area contributed by atoms with Crippen LogP contribution in [0.5, 0.6) is 0 Å². The van der Waals surface area contributed by atoms with Crippen molar-refractivity contribution in [3.8, 4) is 0 Å². The molecule has 0 aliphatic carbocycles. The van der Waals surface area contributed by atoms with Crippen LogP contribution in [0.1, 0.15) is 30.0 Å². The molecule has 2 aromatic rings. The van der Waals surface area contributed by atoms with E-state index in [4.69, 9.17) is 0 Å². The van der Waals surface area contributed by atoms with Crippen LogP contribution in [0.25, 0.3) is 0 Å². The molecule has 0 unspecified atom stereocenters. The molecule has 18 heavy (non-hydrogen) atoms. The van der Waals surface area contributed by atoms with E-state index in [-0.39, 0.29) is 11.7 Å². The van der Waals surface area contributed by atoms with Crippen molar-refractivity contribution in [1.82, 2.24) is 20.5 Å². The molecule has 0 saturated heterocycles. The summed E-state index contributed by atoms with van der Waals surface area (Å²) < 4.78 is 1.00. The van der Waals surface area contributed by atoms with Gasteiger partial charge >= 0.3 is 0 Å². The molecule has 0 atom stereocenters. The van der Waals surface area contributed by atoms with Gasteiger partial charge in [0, 0.05) is 4.47 Å². The maximum Gasteiger partial charge on any atom is 0.289 e. The van der Waals surface area contributed by atoms with E-state index in [0.29, 0.717) is 0 Å². The van der Waals surface area contributed by atoms with Gasteiger partial charge in [-0.2, -0.15) is 5.10 Å². The van der Waals surface area contributed by atoms with Gasteiger partial charge in [-0.15, -0.1) is 0 Å². The third-order valence-corrected chi connectivity index (χ3v) is 3.15. The van der Waals surface area contributed by atoms with Crippen molar-refractivity contribution in [2.45, 2.75) is 19.4 Å². The number of aromatic amines is 1. The van der Waals surface area contributed by atoms with Gasteiger partial charge in [-0.25, -0.2) is 4.98 Å². The van der Waals surface area contributed by atoms with Crippen LogP contribution in [-0.4, -0.2) is 21.1 Å². The first kappa shape index (κ1) is 12.8. The monoisotopic (exact) mass is 308 g/mol. The largest absolute Gasteiger partial charge is 0.340 e. The van der Waals surface area contributed by atoms with Crippen LogP contribution >= 0.6 is 15.9 Å². The quantitative estimate of drug-likeness (QED) is 0.913. The number of hydrogen-bond donors (Lipinski definition) is 2. The highest BCUT2D eigenvalue weighted by molar-refractivity contribution is 9.10. The minimum Gasteiger partial charge on any atom is -0.340 e. The number of aromatic nitrogens is 3. The third kappa shape index (κ3) is 2.76. The maximum absolute atomic E-state index is 11.9. The SMILES string of the molecule is CC(C)(NC(=O)c1ncn[nH]1)c1ccc(Br)cc1. The molecule has 2 rings (SSSR count). The molecule has 0 bridgehead atoms. The van der Waals surface area contributed by atoms with Crippen LogP contribution in [0.15, 0.2) is 35.1 Å². The van der Waals surface area contributed by atoms with Crippen molar-refractivity contribution in [2.75, 3.05) is 0 Å². The minimum atomic E-state index is -0.482. The normalized spacial score (nSPS) is 11.3. The summed E-state index contributed by atoms with van der Waals surface area (Å²) in [4.78, 5) is 15.7. The molecule has 1 aromatic carbocycles. The van der Waals surface area contributed by atoms with E-state index in [1.807, 2.05) is 38.1 Å². The molecule has 5 nitrogen and oxygen atoms in total. The molecule has 0 spiro atoms. The molecular formula is C12H13BrN4O. The first-order valence-electron chi connectivity index (χ1n) is 5.43. The van der Waals surface area contributed by atoms with E-state index in [9.17, 15) is 4.79 Å². The first-order chi connectivity index (χ1) is 8.49. The number of nitrogens with zero attached hydrogens (tertiary/aromatic N) is 2. The second kappa shape index (κ2) is 4.89. The summed E-state index contributed by atoms with van der Waals surface area (Å²) in [5, 5.41) is 9.10. The zero-order valence-corrected chi connectivity index (χ0v) is 11.7. The molecule has 2 N–H and O–H groups in total. The highest BCUT2D eigenvalue weighted by atomic mass is 79.9. The number of carbonyl (C=O) groups excluding carboxylic acids is 1. The Labute approximate surface area is 113 Å². The van der Waals surface area contributed by atoms with Crippen LogP contribution in [0.4, 0.5) is 0 Å². The van der Waals surface area contributed by atoms with Gasteiger partial charge in [0.15, 0.2) is 0 Å². The fraction of sp³-hybridized carbons (Fsp3) is 0.250. The molecule has 1 heterocycles. The standard InChI is InChI=1S/C12H13BrN4O/c1-12(2,8-3-5-9(13)6-4-8)16-11(18)10-14-7-15-17-10/h3-7H,1-2H3,(H,16,18)(H,14,15,17). The van der Waals surface area contributed by atoms with Gasteiger partial charge in [-0.05, 0) is 31.5 Å². The highest BCUT2D eigenvalue weighted by Gasteiger charge is 2.24. The zero-order chi connectivity index (χ0) is 13.2. The van der Waals surface area contributed by atoms with Crippen molar-refractivity contribution >= 4 is 21.8 Å². The van der Waals surface area contributed by atoms with E-state index in [1.165, 1.54) is 6.33 Å². The Morgan fingerprint density at radius 3 is 2.56 bits per heavy atom. The molecular weight excluding hydrogens is 296 g/mol. The third-order valence-electron chi connectivity index (χ3n) is 2.62. The molecule has 0 radical (unpaired) electrons. The fourth-order valence-corrected chi connectivity index (χ4v) is 1.86. The average molecular weight is 309 g/mol. The molecule has 0 saturated carbocycles. The van der Waals surface area contributed by atoms with E-state index in [1.54, 1.807) is 0 Å². The summed E-state index contributed by atoms with van der Waals surface area (Å²) in [6.45, 7) is 3.87. The Kier molecular flexibility index (Phi) is 3.47. The molecule has 1 aromatic heterocycles. The second-order valence-electron chi connectivity index (χ2n) is 4.42. The van der Waals surface area contributed by atoms with Crippen molar-refractivity contribution in [1.29, 1.82) is 0 Å². The number of carbonyl (C=O) groups is 1. The van der Waals surface area contributed by atoms with Crippen LogP contribution in [-0.2, 0) is 5.54 Å². The van der Waals surface area contributed by atoms with Crippen molar-refractivity contribution in [3.63, 3.8) is 0 Å². The van der Waals surface area contributed by atoms with Crippen molar-refractivity contribution in [3.05, 3.63) is 46.5 Å². The van der Waals surface area contributed by atoms with Crippen LogP contribution in [0.3, 0.4) is 0 Å². The summed E-state index contributed by atoms with van der Waals surface area (Å²) in [5.74, 6) is -0.0689. The second-order valence-corrected chi connectivity index (χ2v) is 5.34. The fourth-order valence-electron chi connectivity index (χ4n) is 1.60. The van der Waals surface area contributed by atoms with Gasteiger partial charge in [0.25, 0.3) is 5.91 Å². The van der Waals surface area contributed by atoms with Crippen molar-refractivity contribution in [2.24, 2.45) is 0 Å². The number of hydrogen-bond acceptors (Lipinski definition) is 3. The van der Waals surface area contributed by atoms with Gasteiger partial charge in [0.05, 0.1) is 5.54 Å². The summed E-state index contributed by atoms with van der Waals surface area (Å²) in [6, 6.07) is 7.81. The number of nitrogens with one attached hydrogen (secondary N) is 2. The minimum absolute atomic E-state index is 0.209. The van der Waals surface area contributed by atoms with Gasteiger partial charge in [-0.1, -0.05) is 28.1 Å². The molecule has 0 aliphatic rings. The van der Waals surface area contributed by atoms with Gasteiger partial charge in [-0.3, -0.25) is 9.89 Å². The zero-order valence-electron chi connectivity index (χ0n) is 10.1. The number of H-pyrrole nitrogens is 1. The van der Waals surface area contributed by atoms with E-state index >= 15 is 0 Å². The Bertz CT molecular complexity index is 534. The molecule has 94 valence electrons. The lowest BCUT2D eigenvalue weighted by Gasteiger charge is -2.26. The van der Waals surface area contributed by atoms with Gasteiger partial charge < -0.3 is 5.32 Å². The summed E-state index contributed by atoms with van der Waals surface area (Å²) in [7, 11) is 0. The number of amides is 1. The Balaban J connectivity index is 2.16. The highest BCUT2D eigenvalue weighted by Crippen LogP contribution is 2.22. The predicted molar refractivity (Wildman–Crippen MR) is 71.0 cm³/mol. The first-order valence-corrected chi connectivity index (χ1v) is 6.22. The smallest absolute Gasteiger partial charge is 0.289 e. The lowest BCUT2D eigenvalue weighted by Crippen LogP contribution is -2.41. The summed E-state index contributed by atoms with van der Waals surface area (Å²) >= 11 is 3.38. The van der Waals surface area contributed by atoms with Crippen LogP contribution < -0.4 is 5.32 Å². The van der Waals surface area contributed by atoms with E-state index in [2.05, 4.69) is 36.4 Å². The predicted octanol–water partition coefficient (Wildman–Crippen LogP) is 2.23. The van der Waals surface area contributed by atoms with Crippen LogP contribution in [0.2, 0.25) is 0 Å². The molecule has 6 heteroatoms.